The maximum Gasteiger partial charge on any atom is 0.408 e. The van der Waals surface area contributed by atoms with Crippen LogP contribution in [0.1, 0.15) is 32.4 Å². The van der Waals surface area contributed by atoms with Crippen molar-refractivity contribution in [2.75, 3.05) is 6.61 Å². The largest absolute Gasteiger partial charge is 0.491 e. The molecule has 1 aromatic rings. The summed E-state index contributed by atoms with van der Waals surface area (Å²) in [5, 5.41) is 2.81. The van der Waals surface area contributed by atoms with E-state index < -0.39 is 11.7 Å². The molecule has 1 amide bonds. The highest BCUT2D eigenvalue weighted by atomic mass is 79.9. The smallest absolute Gasteiger partial charge is 0.408 e. The molecule has 0 radical (unpaired) electrons. The predicted molar refractivity (Wildman–Crippen MR) is 71.7 cm³/mol. The second-order valence-corrected chi connectivity index (χ2v) is 6.11. The van der Waals surface area contributed by atoms with E-state index in [1.54, 1.807) is 0 Å². The molecule has 1 aliphatic rings. The van der Waals surface area contributed by atoms with Crippen molar-refractivity contribution < 1.29 is 14.3 Å². The number of carbonyl (C=O) groups excluding carboxylic acids is 1. The minimum absolute atomic E-state index is 0.160. The number of nitrogens with one attached hydrogen (secondary N) is 1. The van der Waals surface area contributed by atoms with Gasteiger partial charge in [-0.15, -0.1) is 0 Å². The molecule has 0 bridgehead atoms. The molecular formula is C13H16BrNO3. The first-order valence-electron chi connectivity index (χ1n) is 5.77. The summed E-state index contributed by atoms with van der Waals surface area (Å²) in [6, 6.07) is 5.59. The van der Waals surface area contributed by atoms with Crippen LogP contribution in [0.5, 0.6) is 5.75 Å². The Balaban J connectivity index is 2.06. The maximum absolute atomic E-state index is 11.7. The molecule has 4 nitrogen and oxygen atoms in total. The van der Waals surface area contributed by atoms with E-state index in [1.807, 2.05) is 39.0 Å². The fraction of sp³-hybridized carbons (Fsp3) is 0.462. The highest BCUT2D eigenvalue weighted by Gasteiger charge is 2.27. The van der Waals surface area contributed by atoms with E-state index in [0.717, 1.165) is 15.8 Å². The van der Waals surface area contributed by atoms with Gasteiger partial charge in [-0.05, 0) is 39.0 Å². The summed E-state index contributed by atoms with van der Waals surface area (Å²) in [7, 11) is 0. The molecule has 2 rings (SSSR count). The molecule has 0 saturated carbocycles. The van der Waals surface area contributed by atoms with E-state index in [1.165, 1.54) is 0 Å². The molecule has 0 unspecified atom stereocenters. The van der Waals surface area contributed by atoms with Gasteiger partial charge in [-0.25, -0.2) is 4.79 Å². The molecule has 0 spiro atoms. The third-order valence-electron chi connectivity index (χ3n) is 2.44. The summed E-state index contributed by atoms with van der Waals surface area (Å²) in [4.78, 5) is 11.7. The van der Waals surface area contributed by atoms with Crippen molar-refractivity contribution in [3.05, 3.63) is 28.2 Å². The number of carbonyl (C=O) groups is 1. The molecule has 1 heterocycles. The highest BCUT2D eigenvalue weighted by Crippen LogP contribution is 2.34. The lowest BCUT2D eigenvalue weighted by atomic mass is 10.1. The van der Waals surface area contributed by atoms with Crippen molar-refractivity contribution in [3.8, 4) is 5.75 Å². The number of hydrogen-bond donors (Lipinski definition) is 1. The number of amides is 1. The summed E-state index contributed by atoms with van der Waals surface area (Å²) in [6.45, 7) is 5.94. The fourth-order valence-corrected chi connectivity index (χ4v) is 2.13. The molecule has 1 N–H and O–H groups in total. The zero-order valence-electron chi connectivity index (χ0n) is 10.6. The van der Waals surface area contributed by atoms with E-state index in [9.17, 15) is 4.79 Å². The Morgan fingerprint density at radius 3 is 2.89 bits per heavy atom. The summed E-state index contributed by atoms with van der Waals surface area (Å²) in [5.74, 6) is 0.805. The lowest BCUT2D eigenvalue weighted by molar-refractivity contribution is 0.0497. The van der Waals surface area contributed by atoms with Crippen LogP contribution < -0.4 is 10.1 Å². The monoisotopic (exact) mass is 313 g/mol. The Labute approximate surface area is 115 Å². The van der Waals surface area contributed by atoms with Crippen molar-refractivity contribution in [2.45, 2.75) is 32.4 Å². The van der Waals surface area contributed by atoms with Gasteiger partial charge in [-0.2, -0.15) is 0 Å². The van der Waals surface area contributed by atoms with Gasteiger partial charge in [0.05, 0.1) is 6.04 Å². The first kappa shape index (κ1) is 13.2. The minimum atomic E-state index is -0.496. The zero-order valence-corrected chi connectivity index (χ0v) is 12.2. The molecule has 1 aliphatic heterocycles. The Bertz CT molecular complexity index is 468. The first-order chi connectivity index (χ1) is 8.35. The van der Waals surface area contributed by atoms with E-state index in [4.69, 9.17) is 9.47 Å². The normalized spacial score (nSPS) is 17.9. The number of ether oxygens (including phenoxy) is 2. The number of benzene rings is 1. The number of rotatable bonds is 1. The Hall–Kier alpha value is -1.23. The molecule has 0 aliphatic carbocycles. The molecule has 0 aromatic heterocycles. The number of hydrogen-bond acceptors (Lipinski definition) is 3. The highest BCUT2D eigenvalue weighted by molar-refractivity contribution is 9.10. The van der Waals surface area contributed by atoms with Crippen molar-refractivity contribution >= 4 is 22.0 Å². The zero-order chi connectivity index (χ0) is 13.3. The topological polar surface area (TPSA) is 47.6 Å². The van der Waals surface area contributed by atoms with Crippen LogP contribution >= 0.6 is 15.9 Å². The number of fused-ring (bicyclic) bond motifs is 1. The SMILES string of the molecule is CC(C)(C)OC(=O)N[C@H]1COc2ccc(Br)cc21. The van der Waals surface area contributed by atoms with Crippen LogP contribution in [0.15, 0.2) is 22.7 Å². The Morgan fingerprint density at radius 2 is 2.22 bits per heavy atom. The van der Waals surface area contributed by atoms with E-state index >= 15 is 0 Å². The summed E-state index contributed by atoms with van der Waals surface area (Å²) >= 11 is 3.41. The second-order valence-electron chi connectivity index (χ2n) is 5.19. The quantitative estimate of drug-likeness (QED) is 0.864. The fourth-order valence-electron chi connectivity index (χ4n) is 1.76. The number of alkyl carbamates (subject to hydrolysis) is 1. The van der Waals surface area contributed by atoms with Crippen LogP contribution in [-0.2, 0) is 4.74 Å². The molecule has 18 heavy (non-hydrogen) atoms. The molecule has 0 saturated heterocycles. The van der Waals surface area contributed by atoms with Crippen LogP contribution in [0.4, 0.5) is 4.79 Å². The van der Waals surface area contributed by atoms with Crippen LogP contribution in [0.3, 0.4) is 0 Å². The predicted octanol–water partition coefficient (Wildman–Crippen LogP) is 3.41. The lowest BCUT2D eigenvalue weighted by Gasteiger charge is -2.21. The van der Waals surface area contributed by atoms with Gasteiger partial charge >= 0.3 is 6.09 Å². The van der Waals surface area contributed by atoms with Crippen molar-refractivity contribution in [2.24, 2.45) is 0 Å². The van der Waals surface area contributed by atoms with E-state index in [-0.39, 0.29) is 6.04 Å². The molecule has 1 atom stereocenters. The van der Waals surface area contributed by atoms with E-state index in [2.05, 4.69) is 21.2 Å². The van der Waals surface area contributed by atoms with Gasteiger partial charge in [0.25, 0.3) is 0 Å². The first-order valence-corrected chi connectivity index (χ1v) is 6.56. The molecule has 0 fully saturated rings. The van der Waals surface area contributed by atoms with Crippen molar-refractivity contribution in [1.29, 1.82) is 0 Å². The van der Waals surface area contributed by atoms with Crippen molar-refractivity contribution in [3.63, 3.8) is 0 Å². The molecule has 5 heteroatoms. The van der Waals surface area contributed by atoms with Crippen LogP contribution in [0.25, 0.3) is 0 Å². The van der Waals surface area contributed by atoms with E-state index in [0.29, 0.717) is 6.61 Å². The minimum Gasteiger partial charge on any atom is -0.491 e. The Kier molecular flexibility index (Phi) is 3.52. The second kappa shape index (κ2) is 4.80. The van der Waals surface area contributed by atoms with Gasteiger partial charge < -0.3 is 14.8 Å². The van der Waals surface area contributed by atoms with Gasteiger partial charge in [0.1, 0.15) is 18.0 Å². The summed E-state index contributed by atoms with van der Waals surface area (Å²) < 4.78 is 11.7. The van der Waals surface area contributed by atoms with Gasteiger partial charge in [0.15, 0.2) is 0 Å². The van der Waals surface area contributed by atoms with Gasteiger partial charge in [0.2, 0.25) is 0 Å². The van der Waals surface area contributed by atoms with Crippen LogP contribution in [0.2, 0.25) is 0 Å². The molecule has 1 aromatic carbocycles. The third-order valence-corrected chi connectivity index (χ3v) is 2.94. The van der Waals surface area contributed by atoms with Gasteiger partial charge in [-0.1, -0.05) is 15.9 Å². The average Bonchev–Trinajstić information content (AvgIpc) is 2.58. The molecular weight excluding hydrogens is 298 g/mol. The van der Waals surface area contributed by atoms with Gasteiger partial charge in [-0.3, -0.25) is 0 Å². The van der Waals surface area contributed by atoms with Crippen LogP contribution in [-0.4, -0.2) is 18.3 Å². The Morgan fingerprint density at radius 1 is 1.50 bits per heavy atom. The van der Waals surface area contributed by atoms with Crippen molar-refractivity contribution in [1.82, 2.24) is 5.32 Å². The van der Waals surface area contributed by atoms with Crippen LogP contribution in [0, 0.1) is 0 Å². The third kappa shape index (κ3) is 3.16. The summed E-state index contributed by atoms with van der Waals surface area (Å²) in [5.41, 5.74) is 0.471. The van der Waals surface area contributed by atoms with Gasteiger partial charge in [0, 0.05) is 10.0 Å². The summed E-state index contributed by atoms with van der Waals surface area (Å²) in [6.07, 6.45) is -0.427. The number of halogens is 1. The molecule has 98 valence electrons. The maximum atomic E-state index is 11.7. The average molecular weight is 314 g/mol. The standard InChI is InChI=1S/C13H16BrNO3/c1-13(2,3)18-12(16)15-10-7-17-11-5-4-8(14)6-9(10)11/h4-6,10H,7H2,1-3H3,(H,15,16)/t10-/m0/s1. The lowest BCUT2D eigenvalue weighted by Crippen LogP contribution is -2.35.